The Kier molecular flexibility index (Phi) is 2.92. The van der Waals surface area contributed by atoms with Crippen LogP contribution in [0.1, 0.15) is 33.6 Å². The summed E-state index contributed by atoms with van der Waals surface area (Å²) < 4.78 is 0. The molecule has 0 saturated carbocycles. The molecule has 1 unspecified atom stereocenters. The molecular weight excluding hydrogens is 186 g/mol. The molecule has 0 aliphatic carbocycles. The molecule has 0 bridgehead atoms. The minimum absolute atomic E-state index is 0.371. The van der Waals surface area contributed by atoms with E-state index in [1.807, 2.05) is 0 Å². The van der Waals surface area contributed by atoms with Gasteiger partial charge in [0.1, 0.15) is 0 Å². The lowest BCUT2D eigenvalue weighted by molar-refractivity contribution is 0.0602. The largest absolute Gasteiger partial charge is 0.301 e. The topological polar surface area (TPSA) is 3.24 Å². The van der Waals surface area contributed by atoms with Crippen molar-refractivity contribution in [3.63, 3.8) is 0 Å². The van der Waals surface area contributed by atoms with Crippen LogP contribution in [0.4, 0.5) is 0 Å². The summed E-state index contributed by atoms with van der Waals surface area (Å²) in [5.41, 5.74) is 0.371. The Morgan fingerprint density at radius 3 is 1.93 bits per heavy atom. The molecule has 1 aliphatic rings. The molecule has 0 aromatic rings. The second-order valence-corrected chi connectivity index (χ2v) is 12.3. The summed E-state index contributed by atoms with van der Waals surface area (Å²) in [6.07, 6.45) is 2.79. The number of hydrogen-bond donors (Lipinski definition) is 0. The van der Waals surface area contributed by atoms with Crippen LogP contribution in [0.5, 0.6) is 0 Å². The van der Waals surface area contributed by atoms with E-state index in [0.717, 1.165) is 0 Å². The summed E-state index contributed by atoms with van der Waals surface area (Å²) in [6, 6.07) is 0. The number of piperidine rings is 1. The third kappa shape index (κ3) is 1.56. The third-order valence-corrected chi connectivity index (χ3v) is 9.30. The van der Waals surface area contributed by atoms with Crippen molar-refractivity contribution in [2.24, 2.45) is 0 Å². The Bertz CT molecular complexity index is 217. The van der Waals surface area contributed by atoms with E-state index in [0.29, 0.717) is 10.6 Å². The van der Waals surface area contributed by atoms with Crippen LogP contribution in [-0.2, 0) is 0 Å². The first kappa shape index (κ1) is 12.2. The van der Waals surface area contributed by atoms with Crippen LogP contribution >= 0.6 is 0 Å². The molecule has 0 N–H and O–H groups in total. The standard InChI is InChI=1S/C12H27NSi/c1-11(2)12(3,14(5,6)7)9-8-10-13(11)4/h8-10H2,1-7H3. The minimum atomic E-state index is -1.10. The van der Waals surface area contributed by atoms with Crippen molar-refractivity contribution in [1.82, 2.24) is 4.90 Å². The van der Waals surface area contributed by atoms with Gasteiger partial charge in [0.05, 0.1) is 8.07 Å². The monoisotopic (exact) mass is 213 g/mol. The smallest absolute Gasteiger partial charge is 0.0525 e. The summed E-state index contributed by atoms with van der Waals surface area (Å²) in [5.74, 6) is 0. The van der Waals surface area contributed by atoms with Crippen LogP contribution in [-0.4, -0.2) is 32.1 Å². The van der Waals surface area contributed by atoms with Crippen molar-refractivity contribution >= 4 is 8.07 Å². The van der Waals surface area contributed by atoms with E-state index in [1.165, 1.54) is 19.4 Å². The maximum Gasteiger partial charge on any atom is 0.0525 e. The molecule has 2 heteroatoms. The fourth-order valence-corrected chi connectivity index (χ4v) is 5.92. The molecule has 0 aromatic heterocycles. The molecule has 1 aliphatic heterocycles. The summed E-state index contributed by atoms with van der Waals surface area (Å²) >= 11 is 0. The molecule has 14 heavy (non-hydrogen) atoms. The third-order valence-electron chi connectivity index (χ3n) is 5.13. The molecule has 1 saturated heterocycles. The van der Waals surface area contributed by atoms with E-state index in [-0.39, 0.29) is 0 Å². The van der Waals surface area contributed by atoms with Gasteiger partial charge in [-0.1, -0.05) is 26.6 Å². The van der Waals surface area contributed by atoms with E-state index in [1.54, 1.807) is 0 Å². The van der Waals surface area contributed by atoms with Crippen molar-refractivity contribution in [1.29, 1.82) is 0 Å². The molecule has 0 radical (unpaired) electrons. The Morgan fingerprint density at radius 2 is 1.57 bits per heavy atom. The van der Waals surface area contributed by atoms with Gasteiger partial charge in [-0.15, -0.1) is 0 Å². The highest BCUT2D eigenvalue weighted by Crippen LogP contribution is 2.55. The van der Waals surface area contributed by atoms with E-state index in [4.69, 9.17) is 0 Å². The molecule has 84 valence electrons. The predicted molar refractivity (Wildman–Crippen MR) is 67.7 cm³/mol. The maximum absolute atomic E-state index is 2.56. The normalized spacial score (nSPS) is 34.5. The molecule has 0 aromatic carbocycles. The molecule has 1 atom stereocenters. The van der Waals surface area contributed by atoms with Crippen LogP contribution in [0.3, 0.4) is 0 Å². The first-order valence-corrected chi connectivity index (χ1v) is 9.34. The molecular formula is C12H27NSi. The highest BCUT2D eigenvalue weighted by molar-refractivity contribution is 6.79. The van der Waals surface area contributed by atoms with Gasteiger partial charge in [-0.3, -0.25) is 0 Å². The molecule has 1 heterocycles. The zero-order chi connectivity index (χ0) is 11.2. The van der Waals surface area contributed by atoms with Crippen molar-refractivity contribution < 1.29 is 0 Å². The molecule has 0 spiro atoms. The molecule has 1 rings (SSSR count). The number of likely N-dealkylation sites (tertiary alicyclic amines) is 1. The van der Waals surface area contributed by atoms with Crippen molar-refractivity contribution in [3.8, 4) is 0 Å². The lowest BCUT2D eigenvalue weighted by Crippen LogP contribution is -2.61. The Hall–Kier alpha value is 0.177. The quantitative estimate of drug-likeness (QED) is 0.602. The Morgan fingerprint density at radius 1 is 1.07 bits per heavy atom. The van der Waals surface area contributed by atoms with Gasteiger partial charge in [-0.2, -0.15) is 0 Å². The van der Waals surface area contributed by atoms with Crippen LogP contribution in [0.2, 0.25) is 24.7 Å². The Balaban J connectivity index is 3.07. The first-order chi connectivity index (χ1) is 6.13. The van der Waals surface area contributed by atoms with Crippen LogP contribution < -0.4 is 0 Å². The second kappa shape index (κ2) is 3.34. The number of rotatable bonds is 1. The summed E-state index contributed by atoms with van der Waals surface area (Å²) in [6.45, 7) is 16.2. The van der Waals surface area contributed by atoms with Gasteiger partial charge in [-0.05, 0) is 45.3 Å². The van der Waals surface area contributed by atoms with Gasteiger partial charge in [0.25, 0.3) is 0 Å². The second-order valence-electron chi connectivity index (χ2n) is 6.67. The first-order valence-electron chi connectivity index (χ1n) is 5.84. The molecule has 1 nitrogen and oxygen atoms in total. The van der Waals surface area contributed by atoms with E-state index in [9.17, 15) is 0 Å². The van der Waals surface area contributed by atoms with E-state index in [2.05, 4.69) is 52.4 Å². The zero-order valence-corrected chi connectivity index (χ0v) is 12.1. The maximum atomic E-state index is 2.56. The predicted octanol–water partition coefficient (Wildman–Crippen LogP) is 3.59. The zero-order valence-electron chi connectivity index (χ0n) is 11.1. The van der Waals surface area contributed by atoms with Gasteiger partial charge in [0.2, 0.25) is 0 Å². The lowest BCUT2D eigenvalue weighted by Gasteiger charge is -2.59. The van der Waals surface area contributed by atoms with Crippen molar-refractivity contribution in [2.75, 3.05) is 13.6 Å². The van der Waals surface area contributed by atoms with Gasteiger partial charge >= 0.3 is 0 Å². The van der Waals surface area contributed by atoms with Gasteiger partial charge in [0, 0.05) is 5.54 Å². The molecule has 1 fully saturated rings. The van der Waals surface area contributed by atoms with Gasteiger partial charge in [0.15, 0.2) is 0 Å². The van der Waals surface area contributed by atoms with E-state index < -0.39 is 8.07 Å². The molecule has 0 amide bonds. The number of nitrogens with zero attached hydrogens (tertiary/aromatic N) is 1. The van der Waals surface area contributed by atoms with Crippen LogP contribution in [0.25, 0.3) is 0 Å². The average molecular weight is 213 g/mol. The van der Waals surface area contributed by atoms with Gasteiger partial charge < -0.3 is 4.90 Å². The minimum Gasteiger partial charge on any atom is -0.301 e. The van der Waals surface area contributed by atoms with Crippen molar-refractivity contribution in [3.05, 3.63) is 0 Å². The highest BCUT2D eigenvalue weighted by Gasteiger charge is 2.53. The van der Waals surface area contributed by atoms with Crippen LogP contribution in [0.15, 0.2) is 0 Å². The average Bonchev–Trinajstić information content (AvgIpc) is 1.98. The van der Waals surface area contributed by atoms with Crippen molar-refractivity contribution in [2.45, 2.75) is 63.8 Å². The summed E-state index contributed by atoms with van der Waals surface area (Å²) in [4.78, 5) is 2.56. The highest BCUT2D eigenvalue weighted by atomic mass is 28.3. The van der Waals surface area contributed by atoms with E-state index >= 15 is 0 Å². The SMILES string of the molecule is CN1CCCC(C)([Si](C)(C)C)C1(C)C. The fourth-order valence-electron chi connectivity index (χ4n) is 2.97. The van der Waals surface area contributed by atoms with Gasteiger partial charge in [-0.25, -0.2) is 0 Å². The Labute approximate surface area is 90.9 Å². The lowest BCUT2D eigenvalue weighted by atomic mass is 9.79. The van der Waals surface area contributed by atoms with Crippen LogP contribution in [0, 0.1) is 0 Å². The summed E-state index contributed by atoms with van der Waals surface area (Å²) in [5, 5.41) is 0.549. The summed E-state index contributed by atoms with van der Waals surface area (Å²) in [7, 11) is 1.19. The number of hydrogen-bond acceptors (Lipinski definition) is 1. The fraction of sp³-hybridized carbons (Fsp3) is 1.00.